The van der Waals surface area contributed by atoms with Crippen LogP contribution in [0.15, 0.2) is 0 Å². The van der Waals surface area contributed by atoms with Gasteiger partial charge in [-0.1, -0.05) is 6.42 Å². The molecule has 3 nitrogen and oxygen atoms in total. The van der Waals surface area contributed by atoms with E-state index in [-0.39, 0.29) is 5.97 Å². The molecule has 2 fully saturated rings. The first-order valence-corrected chi connectivity index (χ1v) is 5.60. The van der Waals surface area contributed by atoms with Gasteiger partial charge in [0.15, 0.2) is 0 Å². The zero-order valence-corrected chi connectivity index (χ0v) is 8.79. The predicted molar refractivity (Wildman–Crippen MR) is 53.6 cm³/mol. The van der Waals surface area contributed by atoms with Crippen LogP contribution in [-0.4, -0.2) is 18.6 Å². The summed E-state index contributed by atoms with van der Waals surface area (Å²) in [5.74, 6) is 0.459. The normalized spacial score (nSPS) is 33.3. The Morgan fingerprint density at radius 1 is 1.57 bits per heavy atom. The van der Waals surface area contributed by atoms with Crippen LogP contribution in [0, 0.1) is 11.3 Å². The number of carbonyl (C=O) groups is 1. The zero-order chi connectivity index (χ0) is 10.2. The summed E-state index contributed by atoms with van der Waals surface area (Å²) in [6, 6.07) is 0.343. The van der Waals surface area contributed by atoms with Crippen molar-refractivity contribution >= 4 is 5.97 Å². The highest BCUT2D eigenvalue weighted by molar-refractivity contribution is 5.70. The van der Waals surface area contributed by atoms with Crippen molar-refractivity contribution in [2.24, 2.45) is 17.1 Å². The lowest BCUT2D eigenvalue weighted by Crippen LogP contribution is -2.61. The molecule has 0 aromatic rings. The minimum atomic E-state index is -0.0457. The van der Waals surface area contributed by atoms with Gasteiger partial charge in [-0.05, 0) is 37.5 Å². The first-order chi connectivity index (χ1) is 6.69. The van der Waals surface area contributed by atoms with Crippen molar-refractivity contribution in [2.45, 2.75) is 45.1 Å². The Bertz CT molecular complexity index is 235. The van der Waals surface area contributed by atoms with Gasteiger partial charge >= 0.3 is 5.97 Å². The van der Waals surface area contributed by atoms with E-state index in [0.717, 1.165) is 6.42 Å². The predicted octanol–water partition coefficient (Wildman–Crippen LogP) is 1.46. The molecule has 2 aliphatic carbocycles. The molecule has 14 heavy (non-hydrogen) atoms. The topological polar surface area (TPSA) is 52.3 Å². The smallest absolute Gasteiger partial charge is 0.306 e. The molecule has 2 saturated carbocycles. The second kappa shape index (κ2) is 3.54. The molecule has 0 radical (unpaired) electrons. The molecule has 0 unspecified atom stereocenters. The van der Waals surface area contributed by atoms with Crippen LogP contribution >= 0.6 is 0 Å². The van der Waals surface area contributed by atoms with E-state index in [4.69, 9.17) is 10.5 Å². The zero-order valence-electron chi connectivity index (χ0n) is 8.79. The molecule has 0 amide bonds. The molecule has 2 rings (SSSR count). The Morgan fingerprint density at radius 2 is 2.29 bits per heavy atom. The molecular formula is C11H19NO2. The second-order valence-electron chi connectivity index (χ2n) is 4.63. The van der Waals surface area contributed by atoms with Crippen molar-refractivity contribution in [1.82, 2.24) is 0 Å². The van der Waals surface area contributed by atoms with Crippen molar-refractivity contribution in [2.75, 3.05) is 6.61 Å². The summed E-state index contributed by atoms with van der Waals surface area (Å²) in [7, 11) is 0. The van der Waals surface area contributed by atoms with E-state index in [9.17, 15) is 4.79 Å². The SMILES string of the molecule is CCOC(=O)C[C@@H]1C[C@H](N)C12CCC2. The first-order valence-electron chi connectivity index (χ1n) is 5.60. The summed E-state index contributed by atoms with van der Waals surface area (Å²) in [6.45, 7) is 2.34. The van der Waals surface area contributed by atoms with Crippen LogP contribution in [-0.2, 0) is 9.53 Å². The van der Waals surface area contributed by atoms with Crippen LogP contribution in [0.1, 0.15) is 39.0 Å². The van der Waals surface area contributed by atoms with Gasteiger partial charge in [0.1, 0.15) is 0 Å². The van der Waals surface area contributed by atoms with E-state index in [2.05, 4.69) is 0 Å². The quantitative estimate of drug-likeness (QED) is 0.697. The van der Waals surface area contributed by atoms with E-state index >= 15 is 0 Å². The molecular weight excluding hydrogens is 178 g/mol. The molecule has 0 aromatic carbocycles. The summed E-state index contributed by atoms with van der Waals surface area (Å²) in [6.07, 6.45) is 5.32. The van der Waals surface area contributed by atoms with E-state index in [1.807, 2.05) is 6.92 Å². The maximum atomic E-state index is 11.3. The van der Waals surface area contributed by atoms with Crippen molar-refractivity contribution in [3.05, 3.63) is 0 Å². The van der Waals surface area contributed by atoms with Gasteiger partial charge in [-0.25, -0.2) is 0 Å². The first kappa shape index (κ1) is 9.97. The fraction of sp³-hybridized carbons (Fsp3) is 0.909. The van der Waals surface area contributed by atoms with E-state index < -0.39 is 0 Å². The van der Waals surface area contributed by atoms with Crippen molar-refractivity contribution in [1.29, 1.82) is 0 Å². The average Bonchev–Trinajstić information content (AvgIpc) is 2.00. The van der Waals surface area contributed by atoms with E-state index in [1.165, 1.54) is 19.3 Å². The lowest BCUT2D eigenvalue weighted by molar-refractivity contribution is -0.152. The molecule has 2 N–H and O–H groups in total. The molecule has 2 aliphatic rings. The molecule has 0 aliphatic heterocycles. The van der Waals surface area contributed by atoms with Gasteiger partial charge in [0, 0.05) is 12.5 Å². The van der Waals surface area contributed by atoms with Crippen LogP contribution in [0.4, 0.5) is 0 Å². The van der Waals surface area contributed by atoms with Gasteiger partial charge in [-0.15, -0.1) is 0 Å². The molecule has 3 heteroatoms. The van der Waals surface area contributed by atoms with Gasteiger partial charge in [0.25, 0.3) is 0 Å². The fourth-order valence-corrected chi connectivity index (χ4v) is 2.99. The summed E-state index contributed by atoms with van der Waals surface area (Å²) in [5.41, 5.74) is 6.33. The maximum Gasteiger partial charge on any atom is 0.306 e. The molecule has 0 saturated heterocycles. The van der Waals surface area contributed by atoms with Crippen LogP contribution in [0.25, 0.3) is 0 Å². The number of ether oxygens (including phenoxy) is 1. The van der Waals surface area contributed by atoms with Gasteiger partial charge in [0.2, 0.25) is 0 Å². The summed E-state index contributed by atoms with van der Waals surface area (Å²) in [5, 5.41) is 0. The fourth-order valence-electron chi connectivity index (χ4n) is 2.99. The van der Waals surface area contributed by atoms with Crippen molar-refractivity contribution in [3.63, 3.8) is 0 Å². The molecule has 80 valence electrons. The van der Waals surface area contributed by atoms with E-state index in [1.54, 1.807) is 0 Å². The third-order valence-corrected chi connectivity index (χ3v) is 4.09. The summed E-state index contributed by atoms with van der Waals surface area (Å²) >= 11 is 0. The molecule has 0 heterocycles. The van der Waals surface area contributed by atoms with Crippen LogP contribution in [0.3, 0.4) is 0 Å². The highest BCUT2D eigenvalue weighted by atomic mass is 16.5. The largest absolute Gasteiger partial charge is 0.466 e. The molecule has 1 spiro atoms. The molecule has 0 bridgehead atoms. The van der Waals surface area contributed by atoms with Crippen LogP contribution in [0.5, 0.6) is 0 Å². The van der Waals surface area contributed by atoms with Gasteiger partial charge in [-0.2, -0.15) is 0 Å². The number of rotatable bonds is 3. The van der Waals surface area contributed by atoms with Crippen LogP contribution in [0.2, 0.25) is 0 Å². The summed E-state index contributed by atoms with van der Waals surface area (Å²) in [4.78, 5) is 11.3. The summed E-state index contributed by atoms with van der Waals surface area (Å²) < 4.78 is 4.97. The highest BCUT2D eigenvalue weighted by Gasteiger charge is 2.56. The third-order valence-electron chi connectivity index (χ3n) is 4.09. The monoisotopic (exact) mass is 197 g/mol. The third kappa shape index (κ3) is 1.34. The number of nitrogens with two attached hydrogens (primary N) is 1. The second-order valence-corrected chi connectivity index (χ2v) is 4.63. The highest BCUT2D eigenvalue weighted by Crippen LogP contribution is 2.60. The standard InChI is InChI=1S/C11H19NO2/c1-2-14-10(13)7-8-6-9(12)11(8)4-3-5-11/h8-9H,2-7,12H2,1H3/t8-,9-/m0/s1. The molecule has 0 aromatic heterocycles. The minimum absolute atomic E-state index is 0.0457. The number of carbonyl (C=O) groups excluding carboxylic acids is 1. The van der Waals surface area contributed by atoms with Gasteiger partial charge in [-0.3, -0.25) is 4.79 Å². The Morgan fingerprint density at radius 3 is 2.71 bits per heavy atom. The Balaban J connectivity index is 1.85. The average molecular weight is 197 g/mol. The Hall–Kier alpha value is -0.570. The number of hydrogen-bond donors (Lipinski definition) is 1. The van der Waals surface area contributed by atoms with E-state index in [0.29, 0.717) is 30.4 Å². The van der Waals surface area contributed by atoms with Gasteiger partial charge in [0.05, 0.1) is 6.61 Å². The lowest BCUT2D eigenvalue weighted by atomic mass is 9.46. The Labute approximate surface area is 85.0 Å². The lowest BCUT2D eigenvalue weighted by Gasteiger charge is -2.60. The number of esters is 1. The van der Waals surface area contributed by atoms with Crippen molar-refractivity contribution in [3.8, 4) is 0 Å². The molecule has 2 atom stereocenters. The minimum Gasteiger partial charge on any atom is -0.466 e. The van der Waals surface area contributed by atoms with Gasteiger partial charge < -0.3 is 10.5 Å². The number of hydrogen-bond acceptors (Lipinski definition) is 3. The maximum absolute atomic E-state index is 11.3. The van der Waals surface area contributed by atoms with Crippen molar-refractivity contribution < 1.29 is 9.53 Å². The Kier molecular flexibility index (Phi) is 2.52. The van der Waals surface area contributed by atoms with Crippen LogP contribution < -0.4 is 5.73 Å².